The molecule has 0 amide bonds. The summed E-state index contributed by atoms with van der Waals surface area (Å²) in [5.74, 6) is 0.852. The number of hydrogen-bond acceptors (Lipinski definition) is 4. The first kappa shape index (κ1) is 16.8. The van der Waals surface area contributed by atoms with Crippen molar-refractivity contribution in [3.8, 4) is 22.5 Å². The van der Waals surface area contributed by atoms with E-state index in [1.165, 1.54) is 5.56 Å². The molecule has 0 spiro atoms. The first-order valence-electron chi connectivity index (χ1n) is 9.85. The van der Waals surface area contributed by atoms with E-state index in [1.54, 1.807) is 12.4 Å². The maximum atomic E-state index is 4.88. The molecular formula is C25H17N5. The number of hydrogen-bond donors (Lipinski definition) is 1. The number of benzene rings is 2. The van der Waals surface area contributed by atoms with Crippen LogP contribution in [-0.4, -0.2) is 25.6 Å². The smallest absolute Gasteiger partial charge is 0.138 e. The van der Waals surface area contributed by atoms with Crippen LogP contribution < -0.4 is 0 Å². The Morgan fingerprint density at radius 3 is 2.17 bits per heavy atom. The summed E-state index contributed by atoms with van der Waals surface area (Å²) in [6, 6.07) is 20.8. The van der Waals surface area contributed by atoms with Gasteiger partial charge >= 0.3 is 0 Å². The first-order chi connectivity index (χ1) is 14.8. The van der Waals surface area contributed by atoms with E-state index in [9.17, 15) is 0 Å². The molecule has 4 heterocycles. The highest BCUT2D eigenvalue weighted by molar-refractivity contribution is 6.06. The Morgan fingerprint density at radius 1 is 0.667 bits per heavy atom. The fourth-order valence-corrected chi connectivity index (χ4v) is 3.91. The lowest BCUT2D eigenvalue weighted by Gasteiger charge is -2.04. The summed E-state index contributed by atoms with van der Waals surface area (Å²) in [6.45, 7) is 0. The van der Waals surface area contributed by atoms with Crippen LogP contribution in [0.3, 0.4) is 0 Å². The molecule has 5 heteroatoms. The molecule has 30 heavy (non-hydrogen) atoms. The highest BCUT2D eigenvalue weighted by atomic mass is 14.9. The maximum absolute atomic E-state index is 4.88. The predicted octanol–water partition coefficient (Wildman–Crippen LogP) is 5.36. The molecule has 2 aromatic carbocycles. The molecule has 0 fully saturated rings. The third kappa shape index (κ3) is 2.88. The molecule has 5 aromatic rings. The number of aromatic nitrogens is 4. The molecular weight excluding hydrogens is 370 g/mol. The number of pyridine rings is 2. The van der Waals surface area contributed by atoms with E-state index in [-0.39, 0.29) is 0 Å². The molecule has 0 saturated carbocycles. The number of H-pyrrole nitrogens is 1. The Kier molecular flexibility index (Phi) is 3.77. The van der Waals surface area contributed by atoms with E-state index < -0.39 is 0 Å². The van der Waals surface area contributed by atoms with Gasteiger partial charge in [-0.25, -0.2) is 4.98 Å². The summed E-state index contributed by atoms with van der Waals surface area (Å²) in [7, 11) is 0. The van der Waals surface area contributed by atoms with Crippen LogP contribution >= 0.6 is 0 Å². The van der Waals surface area contributed by atoms with Crippen LogP contribution in [-0.2, 0) is 6.42 Å². The van der Waals surface area contributed by atoms with Gasteiger partial charge in [-0.3, -0.25) is 15.0 Å². The number of aromatic amines is 1. The zero-order chi connectivity index (χ0) is 19.9. The van der Waals surface area contributed by atoms with Gasteiger partial charge in [-0.15, -0.1) is 0 Å². The summed E-state index contributed by atoms with van der Waals surface area (Å²) in [4.78, 5) is 21.2. The number of nitrogens with one attached hydrogen (secondary N) is 1. The molecule has 5 nitrogen and oxygen atoms in total. The van der Waals surface area contributed by atoms with Gasteiger partial charge in [0.05, 0.1) is 22.4 Å². The van der Waals surface area contributed by atoms with E-state index >= 15 is 0 Å². The zero-order valence-corrected chi connectivity index (χ0v) is 16.1. The van der Waals surface area contributed by atoms with Gasteiger partial charge in [0.2, 0.25) is 0 Å². The van der Waals surface area contributed by atoms with E-state index in [1.807, 2.05) is 36.7 Å². The Bertz CT molecular complexity index is 1400. The Balaban J connectivity index is 1.37. The molecule has 1 aliphatic rings. The molecule has 0 unspecified atom stereocenters. The van der Waals surface area contributed by atoms with Crippen LogP contribution in [0.15, 0.2) is 90.4 Å². The second-order valence-corrected chi connectivity index (χ2v) is 7.37. The minimum atomic E-state index is 0.852. The molecule has 0 aliphatic carbocycles. The minimum absolute atomic E-state index is 0.852. The van der Waals surface area contributed by atoms with E-state index in [2.05, 4.69) is 51.4 Å². The van der Waals surface area contributed by atoms with Gasteiger partial charge in [0.25, 0.3) is 0 Å². The van der Waals surface area contributed by atoms with Gasteiger partial charge in [0, 0.05) is 36.8 Å². The second-order valence-electron chi connectivity index (χ2n) is 7.37. The third-order valence-corrected chi connectivity index (χ3v) is 5.48. The largest absolute Gasteiger partial charge is 0.338 e. The van der Waals surface area contributed by atoms with Crippen molar-refractivity contribution in [2.75, 3.05) is 0 Å². The predicted molar refractivity (Wildman–Crippen MR) is 119 cm³/mol. The van der Waals surface area contributed by atoms with Gasteiger partial charge in [-0.05, 0) is 64.7 Å². The van der Waals surface area contributed by atoms with Gasteiger partial charge in [-0.2, -0.15) is 0 Å². The number of imidazole rings is 1. The van der Waals surface area contributed by atoms with Gasteiger partial charge in [0.1, 0.15) is 5.82 Å². The average molecular weight is 387 g/mol. The molecule has 0 atom stereocenters. The molecule has 0 radical (unpaired) electrons. The number of rotatable bonds is 3. The molecule has 142 valence electrons. The highest BCUT2D eigenvalue weighted by Crippen LogP contribution is 2.34. The lowest BCUT2D eigenvalue weighted by Crippen LogP contribution is -1.99. The topological polar surface area (TPSA) is 66.8 Å². The molecule has 1 aliphatic heterocycles. The monoisotopic (exact) mass is 387 g/mol. The van der Waals surface area contributed by atoms with Crippen molar-refractivity contribution in [1.82, 2.24) is 19.9 Å². The van der Waals surface area contributed by atoms with Gasteiger partial charge < -0.3 is 4.98 Å². The first-order valence-corrected chi connectivity index (χ1v) is 9.85. The number of aliphatic imine (C=N–C) groups is 1. The molecule has 1 N–H and O–H groups in total. The summed E-state index contributed by atoms with van der Waals surface area (Å²) >= 11 is 0. The van der Waals surface area contributed by atoms with E-state index in [0.717, 1.165) is 56.9 Å². The third-order valence-electron chi connectivity index (χ3n) is 5.48. The van der Waals surface area contributed by atoms with E-state index in [0.29, 0.717) is 0 Å². The Hall–Kier alpha value is -4.12. The van der Waals surface area contributed by atoms with Crippen LogP contribution in [0.4, 0.5) is 5.69 Å². The van der Waals surface area contributed by atoms with E-state index in [4.69, 9.17) is 9.98 Å². The summed E-state index contributed by atoms with van der Waals surface area (Å²) < 4.78 is 0. The molecule has 3 aromatic heterocycles. The standard InChI is InChI=1S/C25H17N5/c1-2-20-15-22(16-5-9-26-10-6-16)28-23(20)13-18(1)19-3-4-21-24(14-19)30-25(29-21)17-7-11-27-12-8-17/h1-14H,15H2,(H,29,30). The molecule has 6 rings (SSSR count). The minimum Gasteiger partial charge on any atom is -0.338 e. The lowest BCUT2D eigenvalue weighted by molar-refractivity contribution is 1.28. The van der Waals surface area contributed by atoms with Crippen LogP contribution in [0, 0.1) is 0 Å². The van der Waals surface area contributed by atoms with Gasteiger partial charge in [0.15, 0.2) is 0 Å². The fourth-order valence-electron chi connectivity index (χ4n) is 3.91. The van der Waals surface area contributed by atoms with Crippen molar-refractivity contribution in [2.45, 2.75) is 6.42 Å². The van der Waals surface area contributed by atoms with Crippen molar-refractivity contribution in [1.29, 1.82) is 0 Å². The molecule has 0 bridgehead atoms. The van der Waals surface area contributed by atoms with Crippen LogP contribution in [0.25, 0.3) is 33.5 Å². The highest BCUT2D eigenvalue weighted by Gasteiger charge is 2.17. The summed E-state index contributed by atoms with van der Waals surface area (Å²) in [6.07, 6.45) is 8.03. The Morgan fingerprint density at radius 2 is 1.37 bits per heavy atom. The quantitative estimate of drug-likeness (QED) is 0.453. The van der Waals surface area contributed by atoms with Crippen LogP contribution in [0.5, 0.6) is 0 Å². The van der Waals surface area contributed by atoms with Crippen molar-refractivity contribution in [3.05, 3.63) is 96.6 Å². The van der Waals surface area contributed by atoms with Crippen molar-refractivity contribution >= 4 is 22.4 Å². The maximum Gasteiger partial charge on any atom is 0.138 e. The Labute approximate surface area is 173 Å². The van der Waals surface area contributed by atoms with Gasteiger partial charge in [-0.1, -0.05) is 18.2 Å². The summed E-state index contributed by atoms with van der Waals surface area (Å²) in [5.41, 5.74) is 9.80. The second kappa shape index (κ2) is 6.74. The fraction of sp³-hybridized carbons (Fsp3) is 0.0400. The molecule has 0 saturated heterocycles. The van der Waals surface area contributed by atoms with Crippen LogP contribution in [0.2, 0.25) is 0 Å². The zero-order valence-electron chi connectivity index (χ0n) is 16.1. The van der Waals surface area contributed by atoms with Crippen LogP contribution in [0.1, 0.15) is 11.1 Å². The lowest BCUT2D eigenvalue weighted by atomic mass is 10.0. The van der Waals surface area contributed by atoms with Crippen molar-refractivity contribution in [2.24, 2.45) is 4.99 Å². The summed E-state index contributed by atoms with van der Waals surface area (Å²) in [5, 5.41) is 0. The number of nitrogens with zero attached hydrogens (tertiary/aromatic N) is 4. The van der Waals surface area contributed by atoms with Crippen molar-refractivity contribution in [3.63, 3.8) is 0 Å². The van der Waals surface area contributed by atoms with Crippen molar-refractivity contribution < 1.29 is 0 Å². The SMILES string of the molecule is c1cc(C2=Nc3cc(-c4ccc5nc(-c6ccncc6)[nH]c5c4)ccc3C2)ccn1. The number of fused-ring (bicyclic) bond motifs is 2. The normalized spacial score (nSPS) is 12.7. The average Bonchev–Trinajstić information content (AvgIpc) is 3.43.